The van der Waals surface area contributed by atoms with Gasteiger partial charge in [-0.3, -0.25) is 4.98 Å². The molecular weight excluding hydrogens is 256 g/mol. The van der Waals surface area contributed by atoms with Crippen molar-refractivity contribution in [3.8, 4) is 5.75 Å². The Hall–Kier alpha value is -2.56. The van der Waals surface area contributed by atoms with Crippen LogP contribution in [0, 0.1) is 0 Å². The fourth-order valence-electron chi connectivity index (χ4n) is 1.63. The maximum Gasteiger partial charge on any atom is 0.407 e. The first-order valence-electron chi connectivity index (χ1n) is 6.32. The molecule has 1 amide bonds. The average Bonchev–Trinajstić information content (AvgIpc) is 2.48. The molecule has 5 nitrogen and oxygen atoms in total. The fourth-order valence-corrected chi connectivity index (χ4v) is 1.63. The lowest BCUT2D eigenvalue weighted by atomic mass is 10.2. The van der Waals surface area contributed by atoms with Crippen LogP contribution in [0.4, 0.5) is 4.79 Å². The minimum Gasteiger partial charge on any atom is -0.506 e. The van der Waals surface area contributed by atoms with Gasteiger partial charge in [0.25, 0.3) is 0 Å². The van der Waals surface area contributed by atoms with Gasteiger partial charge in [-0.05, 0) is 17.7 Å². The van der Waals surface area contributed by atoms with Crippen LogP contribution in [0.15, 0.2) is 48.7 Å². The van der Waals surface area contributed by atoms with Crippen LogP contribution in [0.2, 0.25) is 0 Å². The molecule has 20 heavy (non-hydrogen) atoms. The molecule has 0 aliphatic rings. The molecule has 1 heterocycles. The molecule has 0 spiro atoms. The molecule has 0 unspecified atom stereocenters. The molecule has 0 bridgehead atoms. The molecule has 2 rings (SSSR count). The molecule has 104 valence electrons. The Kier molecular flexibility index (Phi) is 4.94. The smallest absolute Gasteiger partial charge is 0.407 e. The molecule has 5 heteroatoms. The Bertz CT molecular complexity index is 541. The number of carbonyl (C=O) groups excluding carboxylic acids is 1. The van der Waals surface area contributed by atoms with Gasteiger partial charge in [0, 0.05) is 18.7 Å². The van der Waals surface area contributed by atoms with E-state index in [0.717, 1.165) is 11.3 Å². The maximum atomic E-state index is 11.5. The predicted molar refractivity (Wildman–Crippen MR) is 74.2 cm³/mol. The van der Waals surface area contributed by atoms with Gasteiger partial charge in [0.2, 0.25) is 0 Å². The lowest BCUT2D eigenvalue weighted by molar-refractivity contribution is 0.140. The van der Waals surface area contributed by atoms with E-state index in [9.17, 15) is 4.79 Å². The lowest BCUT2D eigenvalue weighted by Crippen LogP contribution is -2.26. The van der Waals surface area contributed by atoms with Gasteiger partial charge in [0.15, 0.2) is 0 Å². The normalized spacial score (nSPS) is 10.0. The van der Waals surface area contributed by atoms with Crippen molar-refractivity contribution in [2.45, 2.75) is 13.0 Å². The molecule has 0 saturated carbocycles. The first-order valence-corrected chi connectivity index (χ1v) is 6.32. The number of pyridine rings is 1. The highest BCUT2D eigenvalue weighted by atomic mass is 16.5. The standard InChI is InChI=1S/C15H16N2O3/c18-14-7-6-13(17-10-14)8-9-16-15(19)20-11-12-4-2-1-3-5-12/h1-7,10,18H,8-9,11H2,(H,16,19). The van der Waals surface area contributed by atoms with E-state index in [1.54, 1.807) is 12.1 Å². The number of nitrogens with zero attached hydrogens (tertiary/aromatic N) is 1. The van der Waals surface area contributed by atoms with Crippen molar-refractivity contribution in [1.82, 2.24) is 10.3 Å². The number of benzene rings is 1. The van der Waals surface area contributed by atoms with Crippen molar-refractivity contribution >= 4 is 6.09 Å². The van der Waals surface area contributed by atoms with Gasteiger partial charge in [-0.2, -0.15) is 0 Å². The molecule has 2 aromatic rings. The summed E-state index contributed by atoms with van der Waals surface area (Å²) in [7, 11) is 0. The summed E-state index contributed by atoms with van der Waals surface area (Å²) >= 11 is 0. The maximum absolute atomic E-state index is 11.5. The van der Waals surface area contributed by atoms with Gasteiger partial charge in [-0.25, -0.2) is 4.79 Å². The minimum absolute atomic E-state index is 0.129. The van der Waals surface area contributed by atoms with Crippen LogP contribution >= 0.6 is 0 Å². The molecular formula is C15H16N2O3. The van der Waals surface area contributed by atoms with Crippen molar-refractivity contribution in [2.24, 2.45) is 0 Å². The summed E-state index contributed by atoms with van der Waals surface area (Å²) in [5.74, 6) is 0.129. The van der Waals surface area contributed by atoms with Crippen LogP contribution in [0.25, 0.3) is 0 Å². The van der Waals surface area contributed by atoms with E-state index in [-0.39, 0.29) is 12.4 Å². The summed E-state index contributed by atoms with van der Waals surface area (Å²) in [5, 5.41) is 11.7. The Labute approximate surface area is 117 Å². The Morgan fingerprint density at radius 1 is 1.20 bits per heavy atom. The third kappa shape index (κ3) is 4.61. The van der Waals surface area contributed by atoms with Crippen LogP contribution < -0.4 is 5.32 Å². The van der Waals surface area contributed by atoms with Gasteiger partial charge < -0.3 is 15.2 Å². The third-order valence-electron chi connectivity index (χ3n) is 2.67. The number of hydrogen-bond acceptors (Lipinski definition) is 4. The highest BCUT2D eigenvalue weighted by molar-refractivity contribution is 5.67. The number of ether oxygens (including phenoxy) is 1. The summed E-state index contributed by atoms with van der Waals surface area (Å²) in [4.78, 5) is 15.5. The molecule has 2 N–H and O–H groups in total. The molecule has 0 saturated heterocycles. The zero-order valence-electron chi connectivity index (χ0n) is 11.0. The summed E-state index contributed by atoms with van der Waals surface area (Å²) < 4.78 is 5.07. The largest absolute Gasteiger partial charge is 0.506 e. The van der Waals surface area contributed by atoms with Crippen LogP contribution in [0.5, 0.6) is 5.75 Å². The zero-order valence-corrected chi connectivity index (χ0v) is 11.0. The van der Waals surface area contributed by atoms with Crippen LogP contribution in [0.1, 0.15) is 11.3 Å². The SMILES string of the molecule is O=C(NCCc1ccc(O)cn1)OCc1ccccc1. The van der Waals surface area contributed by atoms with Crippen LogP contribution in [-0.2, 0) is 17.8 Å². The van der Waals surface area contributed by atoms with Gasteiger partial charge in [0.05, 0.1) is 6.20 Å². The molecule has 0 fully saturated rings. The van der Waals surface area contributed by atoms with E-state index < -0.39 is 6.09 Å². The average molecular weight is 272 g/mol. The predicted octanol–water partition coefficient (Wildman–Crippen LogP) is 2.26. The number of carbonyl (C=O) groups is 1. The Balaban J connectivity index is 1.66. The number of aromatic hydroxyl groups is 1. The molecule has 0 radical (unpaired) electrons. The number of nitrogens with one attached hydrogen (secondary N) is 1. The van der Waals surface area contributed by atoms with Gasteiger partial charge in [-0.1, -0.05) is 30.3 Å². The van der Waals surface area contributed by atoms with Gasteiger partial charge in [-0.15, -0.1) is 0 Å². The van der Waals surface area contributed by atoms with Crippen molar-refractivity contribution in [1.29, 1.82) is 0 Å². The summed E-state index contributed by atoms with van der Waals surface area (Å²) in [5.41, 5.74) is 1.74. The molecule has 0 aliphatic carbocycles. The first kappa shape index (κ1) is 13.9. The van der Waals surface area contributed by atoms with Crippen molar-refractivity contribution in [3.05, 3.63) is 59.9 Å². The summed E-state index contributed by atoms with van der Waals surface area (Å²) in [6.07, 6.45) is 1.51. The number of amides is 1. The highest BCUT2D eigenvalue weighted by Gasteiger charge is 2.02. The molecule has 0 atom stereocenters. The van der Waals surface area contributed by atoms with E-state index in [4.69, 9.17) is 9.84 Å². The van der Waals surface area contributed by atoms with E-state index in [0.29, 0.717) is 13.0 Å². The van der Waals surface area contributed by atoms with Crippen LogP contribution in [0.3, 0.4) is 0 Å². The van der Waals surface area contributed by atoms with E-state index in [1.165, 1.54) is 6.20 Å². The third-order valence-corrected chi connectivity index (χ3v) is 2.67. The number of aromatic nitrogens is 1. The Morgan fingerprint density at radius 2 is 2.00 bits per heavy atom. The highest BCUT2D eigenvalue weighted by Crippen LogP contribution is 2.06. The molecule has 0 aliphatic heterocycles. The first-order chi connectivity index (χ1) is 9.74. The number of rotatable bonds is 5. The Morgan fingerprint density at radius 3 is 2.70 bits per heavy atom. The second-order valence-electron chi connectivity index (χ2n) is 4.25. The second kappa shape index (κ2) is 7.13. The van der Waals surface area contributed by atoms with E-state index in [1.807, 2.05) is 30.3 Å². The van der Waals surface area contributed by atoms with Gasteiger partial charge in [0.1, 0.15) is 12.4 Å². The quantitative estimate of drug-likeness (QED) is 0.875. The van der Waals surface area contributed by atoms with Gasteiger partial charge >= 0.3 is 6.09 Å². The summed E-state index contributed by atoms with van der Waals surface area (Å²) in [6, 6.07) is 12.8. The van der Waals surface area contributed by atoms with Crippen LogP contribution in [-0.4, -0.2) is 22.7 Å². The zero-order chi connectivity index (χ0) is 14.2. The monoisotopic (exact) mass is 272 g/mol. The topological polar surface area (TPSA) is 71.5 Å². The summed E-state index contributed by atoms with van der Waals surface area (Å²) in [6.45, 7) is 0.690. The molecule has 1 aromatic carbocycles. The lowest BCUT2D eigenvalue weighted by Gasteiger charge is -2.07. The fraction of sp³-hybridized carbons (Fsp3) is 0.200. The molecule has 1 aromatic heterocycles. The van der Waals surface area contributed by atoms with Crippen molar-refractivity contribution in [2.75, 3.05) is 6.54 Å². The number of hydrogen-bond donors (Lipinski definition) is 2. The minimum atomic E-state index is -0.451. The van der Waals surface area contributed by atoms with E-state index in [2.05, 4.69) is 10.3 Å². The van der Waals surface area contributed by atoms with Crippen molar-refractivity contribution < 1.29 is 14.6 Å². The second-order valence-corrected chi connectivity index (χ2v) is 4.25. The van der Waals surface area contributed by atoms with Crippen molar-refractivity contribution in [3.63, 3.8) is 0 Å². The van der Waals surface area contributed by atoms with E-state index >= 15 is 0 Å². The number of alkyl carbamates (subject to hydrolysis) is 1.